The zero-order chi connectivity index (χ0) is 13.2. The first kappa shape index (κ1) is 13.5. The molecule has 1 fully saturated rings. The van der Waals surface area contributed by atoms with E-state index in [9.17, 15) is 8.42 Å². The summed E-state index contributed by atoms with van der Waals surface area (Å²) in [6.07, 6.45) is 2.80. The highest BCUT2D eigenvalue weighted by molar-refractivity contribution is 7.89. The average Bonchev–Trinajstić information content (AvgIpc) is 2.75. The quantitative estimate of drug-likeness (QED) is 0.664. The fourth-order valence-electron chi connectivity index (χ4n) is 1.96. The van der Waals surface area contributed by atoms with Crippen LogP contribution in [0.5, 0.6) is 0 Å². The Balaban J connectivity index is 1.97. The molecule has 0 bridgehead atoms. The lowest BCUT2D eigenvalue weighted by Crippen LogP contribution is -2.47. The topological polar surface area (TPSA) is 104 Å². The summed E-state index contributed by atoms with van der Waals surface area (Å²) in [6, 6.07) is -0.110. The lowest BCUT2D eigenvalue weighted by molar-refractivity contribution is -0.00477. The lowest BCUT2D eigenvalue weighted by Gasteiger charge is -2.34. The Bertz CT molecular complexity index is 493. The van der Waals surface area contributed by atoms with Gasteiger partial charge in [-0.15, -0.1) is 0 Å². The van der Waals surface area contributed by atoms with Crippen molar-refractivity contribution in [3.8, 4) is 0 Å². The molecule has 0 aromatic carbocycles. The summed E-state index contributed by atoms with van der Waals surface area (Å²) < 4.78 is 31.9. The molecule has 1 aromatic heterocycles. The third kappa shape index (κ3) is 2.72. The first-order chi connectivity index (χ1) is 8.56. The zero-order valence-electron chi connectivity index (χ0n) is 10.1. The van der Waals surface area contributed by atoms with Gasteiger partial charge in [-0.1, -0.05) is 0 Å². The number of aromatic amines is 1. The van der Waals surface area contributed by atoms with Crippen molar-refractivity contribution < 1.29 is 18.3 Å². The molecule has 1 aromatic rings. The number of rotatable bonds is 6. The van der Waals surface area contributed by atoms with Crippen LogP contribution in [0.15, 0.2) is 11.2 Å². The molecule has 0 unspecified atom stereocenters. The van der Waals surface area contributed by atoms with Crippen LogP contribution in [0.25, 0.3) is 0 Å². The maximum absolute atomic E-state index is 12.0. The summed E-state index contributed by atoms with van der Waals surface area (Å²) in [7, 11) is -3.64. The van der Waals surface area contributed by atoms with Gasteiger partial charge < -0.3 is 9.84 Å². The Morgan fingerprint density at radius 2 is 2.33 bits per heavy atom. The number of aromatic nitrogens is 2. The Morgan fingerprint density at radius 1 is 1.61 bits per heavy atom. The summed E-state index contributed by atoms with van der Waals surface area (Å²) in [4.78, 5) is 0. The molecular formula is C10H17N3O4S. The Labute approximate surface area is 106 Å². The summed E-state index contributed by atoms with van der Waals surface area (Å²) in [6.45, 7) is 2.19. The highest BCUT2D eigenvalue weighted by Crippen LogP contribution is 2.25. The number of aliphatic hydroxyl groups excluding tert-OH is 1. The smallest absolute Gasteiger partial charge is 0.258 e. The van der Waals surface area contributed by atoms with Gasteiger partial charge in [0, 0.05) is 18.2 Å². The van der Waals surface area contributed by atoms with Crippen molar-refractivity contribution in [3.63, 3.8) is 0 Å². The van der Waals surface area contributed by atoms with E-state index in [1.54, 1.807) is 0 Å². The van der Waals surface area contributed by atoms with Crippen LogP contribution in [-0.4, -0.2) is 42.5 Å². The van der Waals surface area contributed by atoms with Gasteiger partial charge >= 0.3 is 0 Å². The van der Waals surface area contributed by atoms with E-state index in [-0.39, 0.29) is 29.3 Å². The number of sulfonamides is 1. The number of hydrogen-bond donors (Lipinski definition) is 3. The predicted octanol–water partition coefficient (Wildman–Crippen LogP) is -0.252. The minimum absolute atomic E-state index is 0.0649. The second kappa shape index (κ2) is 5.35. The van der Waals surface area contributed by atoms with Gasteiger partial charge in [0.2, 0.25) is 0 Å². The average molecular weight is 275 g/mol. The number of aliphatic hydroxyl groups is 1. The Morgan fingerprint density at radius 3 is 2.94 bits per heavy atom. The van der Waals surface area contributed by atoms with E-state index in [4.69, 9.17) is 9.84 Å². The van der Waals surface area contributed by atoms with Crippen molar-refractivity contribution in [2.45, 2.75) is 43.5 Å². The first-order valence-electron chi connectivity index (χ1n) is 5.83. The number of nitrogens with zero attached hydrogens (tertiary/aromatic N) is 1. The Hall–Kier alpha value is -0.960. The largest absolute Gasteiger partial charge is 0.392 e. The maximum Gasteiger partial charge on any atom is 0.258 e. The summed E-state index contributed by atoms with van der Waals surface area (Å²) >= 11 is 0. The third-order valence-corrected chi connectivity index (χ3v) is 4.47. The molecule has 7 nitrogen and oxygen atoms in total. The van der Waals surface area contributed by atoms with E-state index in [0.29, 0.717) is 19.4 Å². The predicted molar refractivity (Wildman–Crippen MR) is 63.3 cm³/mol. The molecule has 0 radical (unpaired) electrons. The number of nitrogens with one attached hydrogen (secondary N) is 2. The number of H-pyrrole nitrogens is 1. The van der Waals surface area contributed by atoms with Gasteiger partial charge in [0.1, 0.15) is 0 Å². The van der Waals surface area contributed by atoms with E-state index in [1.165, 1.54) is 6.20 Å². The van der Waals surface area contributed by atoms with Crippen LogP contribution >= 0.6 is 0 Å². The van der Waals surface area contributed by atoms with Crippen LogP contribution in [0.1, 0.15) is 25.3 Å². The molecule has 18 heavy (non-hydrogen) atoms. The van der Waals surface area contributed by atoms with E-state index < -0.39 is 10.0 Å². The molecule has 1 aliphatic carbocycles. The van der Waals surface area contributed by atoms with Crippen LogP contribution in [0.3, 0.4) is 0 Å². The highest BCUT2D eigenvalue weighted by atomic mass is 32.2. The Kier molecular flexibility index (Phi) is 4.00. The SMILES string of the molecule is CCOC1CC(NS(=O)(=O)c2[nH]ncc2CO)C1. The van der Waals surface area contributed by atoms with Crippen LogP contribution < -0.4 is 4.72 Å². The van der Waals surface area contributed by atoms with Crippen LogP contribution in [-0.2, 0) is 21.4 Å². The molecular weight excluding hydrogens is 258 g/mol. The fraction of sp³-hybridized carbons (Fsp3) is 0.700. The summed E-state index contributed by atoms with van der Waals surface area (Å²) in [5.41, 5.74) is 0.267. The lowest BCUT2D eigenvalue weighted by atomic mass is 9.90. The summed E-state index contributed by atoms with van der Waals surface area (Å²) in [5, 5.41) is 15.0. The number of hydrogen-bond acceptors (Lipinski definition) is 5. The van der Waals surface area contributed by atoms with Gasteiger partial charge in [0.05, 0.1) is 18.9 Å². The van der Waals surface area contributed by atoms with Gasteiger partial charge in [0.25, 0.3) is 10.0 Å². The van der Waals surface area contributed by atoms with Crippen molar-refractivity contribution in [1.82, 2.24) is 14.9 Å². The van der Waals surface area contributed by atoms with E-state index >= 15 is 0 Å². The molecule has 8 heteroatoms. The zero-order valence-corrected chi connectivity index (χ0v) is 10.9. The second-order valence-electron chi connectivity index (χ2n) is 4.25. The van der Waals surface area contributed by atoms with Crippen molar-refractivity contribution in [2.75, 3.05) is 6.61 Å². The van der Waals surface area contributed by atoms with Crippen molar-refractivity contribution in [1.29, 1.82) is 0 Å². The van der Waals surface area contributed by atoms with Gasteiger partial charge in [-0.3, -0.25) is 5.10 Å². The molecule has 2 rings (SSSR count). The molecule has 0 saturated heterocycles. The van der Waals surface area contributed by atoms with Gasteiger partial charge in [0.15, 0.2) is 5.03 Å². The van der Waals surface area contributed by atoms with Crippen LogP contribution in [0, 0.1) is 0 Å². The molecule has 0 atom stereocenters. The van der Waals surface area contributed by atoms with Crippen molar-refractivity contribution >= 4 is 10.0 Å². The number of ether oxygens (including phenoxy) is 1. The van der Waals surface area contributed by atoms with Crippen LogP contribution in [0.4, 0.5) is 0 Å². The normalized spacial score (nSPS) is 23.9. The molecule has 3 N–H and O–H groups in total. The standard InChI is InChI=1S/C10H17N3O4S/c1-2-17-9-3-8(4-9)13-18(15,16)10-7(6-14)5-11-12-10/h5,8-9,13-14H,2-4,6H2,1H3,(H,11,12). The van der Waals surface area contributed by atoms with Crippen molar-refractivity contribution in [3.05, 3.63) is 11.8 Å². The monoisotopic (exact) mass is 275 g/mol. The highest BCUT2D eigenvalue weighted by Gasteiger charge is 2.34. The van der Waals surface area contributed by atoms with E-state index in [0.717, 1.165) is 0 Å². The third-order valence-electron chi connectivity index (χ3n) is 2.94. The summed E-state index contributed by atoms with van der Waals surface area (Å²) in [5.74, 6) is 0. The minimum atomic E-state index is -3.64. The molecule has 102 valence electrons. The molecule has 1 aliphatic rings. The molecule has 0 amide bonds. The molecule has 0 spiro atoms. The van der Waals surface area contributed by atoms with Crippen molar-refractivity contribution in [2.24, 2.45) is 0 Å². The molecule has 0 aliphatic heterocycles. The van der Waals surface area contributed by atoms with Gasteiger partial charge in [-0.05, 0) is 19.8 Å². The molecule has 1 heterocycles. The van der Waals surface area contributed by atoms with E-state index in [1.807, 2.05) is 6.92 Å². The second-order valence-corrected chi connectivity index (χ2v) is 5.90. The maximum atomic E-state index is 12.0. The van der Waals surface area contributed by atoms with Crippen LogP contribution in [0.2, 0.25) is 0 Å². The minimum Gasteiger partial charge on any atom is -0.392 e. The van der Waals surface area contributed by atoms with Gasteiger partial charge in [-0.25, -0.2) is 13.1 Å². The first-order valence-corrected chi connectivity index (χ1v) is 7.32. The molecule has 1 saturated carbocycles. The fourth-order valence-corrected chi connectivity index (χ4v) is 3.34. The van der Waals surface area contributed by atoms with E-state index in [2.05, 4.69) is 14.9 Å². The van der Waals surface area contributed by atoms with Gasteiger partial charge in [-0.2, -0.15) is 5.10 Å².